The summed E-state index contributed by atoms with van der Waals surface area (Å²) in [5.74, 6) is 0.0515. The first kappa shape index (κ1) is 37.6. The van der Waals surface area contributed by atoms with Gasteiger partial charge in [-0.3, -0.25) is 8.98 Å². The van der Waals surface area contributed by atoms with Crippen LogP contribution in [0.5, 0.6) is 0 Å². The van der Waals surface area contributed by atoms with Gasteiger partial charge in [-0.05, 0) is 56.2 Å². The molecule has 0 aromatic heterocycles. The summed E-state index contributed by atoms with van der Waals surface area (Å²) in [6.45, 7) is 9.26. The fraction of sp³-hybridized carbons (Fsp3) is 0.406. The van der Waals surface area contributed by atoms with Crippen molar-refractivity contribution in [3.63, 3.8) is 0 Å². The van der Waals surface area contributed by atoms with Gasteiger partial charge in [0.25, 0.3) is 25.1 Å². The van der Waals surface area contributed by atoms with Gasteiger partial charge in [0.05, 0.1) is 48.9 Å². The number of aliphatic hydroxyl groups excluding tert-OH is 1. The number of nitrogens with one attached hydrogen (secondary N) is 1. The molecule has 3 aromatic rings. The molecule has 4 heterocycles. The van der Waals surface area contributed by atoms with Crippen LogP contribution in [-0.4, -0.2) is 79.2 Å². The zero-order valence-corrected chi connectivity index (χ0v) is 28.3. The summed E-state index contributed by atoms with van der Waals surface area (Å²) in [4.78, 5) is 11.3. The third kappa shape index (κ3) is 14.3. The summed E-state index contributed by atoms with van der Waals surface area (Å²) in [5.41, 5.74) is 3.95. The van der Waals surface area contributed by atoms with Crippen LogP contribution in [-0.2, 0) is 44.1 Å². The van der Waals surface area contributed by atoms with Crippen molar-refractivity contribution in [3.8, 4) is 0 Å². The van der Waals surface area contributed by atoms with Crippen molar-refractivity contribution >= 4 is 35.8 Å². The molecule has 254 valence electrons. The van der Waals surface area contributed by atoms with Gasteiger partial charge in [-0.25, -0.2) is 8.42 Å². The molecule has 7 rings (SSSR count). The van der Waals surface area contributed by atoms with Crippen LogP contribution in [0.25, 0.3) is 0 Å². The van der Waals surface area contributed by atoms with Crippen molar-refractivity contribution in [2.45, 2.75) is 61.8 Å². The van der Waals surface area contributed by atoms with Crippen molar-refractivity contribution in [2.24, 2.45) is 0 Å². The molecule has 2 N–H and O–H groups in total. The van der Waals surface area contributed by atoms with Crippen LogP contribution in [0.4, 0.5) is 0 Å². The van der Waals surface area contributed by atoms with E-state index < -0.39 is 19.2 Å². The Bertz CT molecular complexity index is 1600. The Hall–Kier alpha value is -2.88. The second-order valence-electron chi connectivity index (χ2n) is 10.6. The standard InChI is InChI=1S/C10H12O4S.C8H7NO.C7H7ClO2S.C4H8O.C3H6O2.H2/c1-8-2-4-10(5-3-8)15(11,12)14-7-9-6-13-9;10-8-7-4-2-1-3-6(7)5-9-8;1-6-2-4-7(5-3-6)11(8,9)10;1-2-4-3-5-4;4-1-3-2-5-3;/h2-5,9H,6-7H2,1H3;1-4H,5H2,(H,9,10);2-5H,1H3;4H,2-3H2,1H3;3-4H,1-2H2;1H/t9-;;;4-;3-;/m1..00./s1/i;;;;;1+1. The van der Waals surface area contributed by atoms with Crippen molar-refractivity contribution in [3.05, 3.63) is 95.1 Å². The van der Waals surface area contributed by atoms with Crippen LogP contribution in [0.3, 0.4) is 0 Å². The summed E-state index contributed by atoms with van der Waals surface area (Å²) in [6.07, 6.45) is 1.97. The molecular weight excluding hydrogens is 658 g/mol. The Kier molecular flexibility index (Phi) is 14.6. The van der Waals surface area contributed by atoms with Gasteiger partial charge < -0.3 is 24.6 Å². The van der Waals surface area contributed by atoms with E-state index in [2.05, 4.69) is 17.0 Å². The maximum Gasteiger partial charge on any atom is 0.297 e. The van der Waals surface area contributed by atoms with Crippen LogP contribution in [0.2, 0.25) is 0 Å². The molecule has 1 amide bonds. The molecule has 3 atom stereocenters. The SMILES string of the molecule is CC[C@H]1CO1.Cc1ccc(S(=O)(=O)Cl)cc1.Cc1ccc(S(=O)(=O)OC[C@H]2CO2)cc1.O=C1NCc2ccccc21.OC[C@H]1CO1.[2HH]. The summed E-state index contributed by atoms with van der Waals surface area (Å²) >= 11 is 0. The molecule has 0 unspecified atom stereocenters. The average molecular weight is 701 g/mol. The van der Waals surface area contributed by atoms with E-state index in [0.717, 1.165) is 35.5 Å². The van der Waals surface area contributed by atoms with Crippen LogP contribution in [0, 0.1) is 13.8 Å². The number of halogens is 1. The number of amides is 1. The monoisotopic (exact) mass is 700 g/mol. The first-order valence-corrected chi connectivity index (χ1v) is 18.3. The summed E-state index contributed by atoms with van der Waals surface area (Å²) in [5, 5.41) is 10.8. The Morgan fingerprint density at radius 1 is 0.826 bits per heavy atom. The molecule has 0 aliphatic carbocycles. The molecule has 14 heteroatoms. The first-order valence-electron chi connectivity index (χ1n) is 14.6. The number of benzene rings is 3. The maximum absolute atomic E-state index is 11.6. The van der Waals surface area contributed by atoms with E-state index in [0.29, 0.717) is 19.3 Å². The lowest BCUT2D eigenvalue weighted by molar-refractivity contribution is 0.0965. The third-order valence-corrected chi connectivity index (χ3v) is 9.25. The highest BCUT2D eigenvalue weighted by Gasteiger charge is 2.26. The fourth-order valence-corrected chi connectivity index (χ4v) is 5.15. The lowest BCUT2D eigenvalue weighted by Crippen LogP contribution is -2.12. The number of hydrogen-bond acceptors (Lipinski definition) is 10. The fourth-order valence-electron chi connectivity index (χ4n) is 3.45. The van der Waals surface area contributed by atoms with Crippen LogP contribution in [0.1, 0.15) is 41.8 Å². The van der Waals surface area contributed by atoms with Gasteiger partial charge in [-0.15, -0.1) is 0 Å². The predicted molar refractivity (Wildman–Crippen MR) is 175 cm³/mol. The molecule has 0 radical (unpaired) electrons. The highest BCUT2D eigenvalue weighted by molar-refractivity contribution is 8.13. The van der Waals surface area contributed by atoms with Crippen molar-refractivity contribution < 1.29 is 46.6 Å². The Labute approximate surface area is 276 Å². The summed E-state index contributed by atoms with van der Waals surface area (Å²) in [6, 6.07) is 20.6. The summed E-state index contributed by atoms with van der Waals surface area (Å²) in [7, 11) is -2.08. The van der Waals surface area contributed by atoms with E-state index >= 15 is 0 Å². The number of aliphatic hydroxyl groups is 1. The molecule has 3 saturated heterocycles. The minimum Gasteiger partial charge on any atom is -0.394 e. The molecule has 4 aliphatic rings. The summed E-state index contributed by atoms with van der Waals surface area (Å²) < 4.78 is 63.8. The van der Waals surface area contributed by atoms with Gasteiger partial charge in [0.2, 0.25) is 0 Å². The van der Waals surface area contributed by atoms with Crippen molar-refractivity contribution in [1.82, 2.24) is 5.32 Å². The number of carbonyl (C=O) groups excluding carboxylic acids is 1. The van der Waals surface area contributed by atoms with Crippen molar-refractivity contribution in [1.29, 1.82) is 0 Å². The topological polar surface area (TPSA) is 164 Å². The second-order valence-corrected chi connectivity index (χ2v) is 14.8. The van der Waals surface area contributed by atoms with E-state index in [1.165, 1.54) is 18.6 Å². The molecule has 3 fully saturated rings. The number of hydrogen-bond donors (Lipinski definition) is 2. The third-order valence-electron chi connectivity index (χ3n) is 6.59. The number of carbonyl (C=O) groups is 1. The molecule has 3 aromatic carbocycles. The van der Waals surface area contributed by atoms with Gasteiger partial charge in [0.1, 0.15) is 12.2 Å². The second kappa shape index (κ2) is 17.9. The normalized spacial score (nSPS) is 19.9. The minimum atomic E-state index is -3.61. The van der Waals surface area contributed by atoms with Crippen LogP contribution >= 0.6 is 10.7 Å². The molecule has 0 saturated carbocycles. The average Bonchev–Trinajstić information content (AvgIpc) is 3.91. The van der Waals surface area contributed by atoms with Gasteiger partial charge in [-0.2, -0.15) is 8.42 Å². The van der Waals surface area contributed by atoms with Gasteiger partial charge in [0.15, 0.2) is 0 Å². The molecule has 11 nitrogen and oxygen atoms in total. The molecule has 0 bridgehead atoms. The number of epoxide rings is 3. The first-order chi connectivity index (χ1) is 21.8. The van der Waals surface area contributed by atoms with E-state index in [4.69, 9.17) is 29.4 Å². The zero-order valence-electron chi connectivity index (χ0n) is 25.9. The van der Waals surface area contributed by atoms with Gasteiger partial charge in [-0.1, -0.05) is 60.5 Å². The number of fused-ring (bicyclic) bond motifs is 1. The van der Waals surface area contributed by atoms with E-state index in [1.807, 2.05) is 38.1 Å². The quantitative estimate of drug-likeness (QED) is 0.205. The molecular formula is C32H42ClNO10S2. The molecule has 4 aliphatic heterocycles. The van der Waals surface area contributed by atoms with Crippen LogP contribution < -0.4 is 5.32 Å². The molecule has 0 spiro atoms. The number of rotatable bonds is 7. The van der Waals surface area contributed by atoms with E-state index in [-0.39, 0.29) is 42.5 Å². The van der Waals surface area contributed by atoms with Gasteiger partial charge >= 0.3 is 0 Å². The Morgan fingerprint density at radius 3 is 1.72 bits per heavy atom. The number of aryl methyl sites for hydroxylation is 2. The zero-order chi connectivity index (χ0) is 33.7. The van der Waals surface area contributed by atoms with E-state index in [9.17, 15) is 21.6 Å². The lowest BCUT2D eigenvalue weighted by Gasteiger charge is -2.03. The van der Waals surface area contributed by atoms with Crippen LogP contribution in [0.15, 0.2) is 82.6 Å². The van der Waals surface area contributed by atoms with Gasteiger partial charge in [0, 0.05) is 24.2 Å². The van der Waals surface area contributed by atoms with E-state index in [1.54, 1.807) is 36.4 Å². The Morgan fingerprint density at radius 2 is 1.33 bits per heavy atom. The number of ether oxygens (including phenoxy) is 3. The maximum atomic E-state index is 11.6. The Balaban J connectivity index is 0.000000215. The lowest BCUT2D eigenvalue weighted by atomic mass is 10.1. The molecule has 46 heavy (non-hydrogen) atoms. The largest absolute Gasteiger partial charge is 0.394 e. The highest BCUT2D eigenvalue weighted by atomic mass is 35.7. The van der Waals surface area contributed by atoms with Crippen molar-refractivity contribution in [2.75, 3.05) is 33.0 Å². The highest BCUT2D eigenvalue weighted by Crippen LogP contribution is 2.17. The predicted octanol–water partition coefficient (Wildman–Crippen LogP) is 4.37. The minimum absolute atomic E-state index is 0. The smallest absolute Gasteiger partial charge is 0.297 e.